The van der Waals surface area contributed by atoms with Crippen molar-refractivity contribution in [3.63, 3.8) is 0 Å². The minimum atomic E-state index is -1.18. The van der Waals surface area contributed by atoms with Gasteiger partial charge < -0.3 is 20.5 Å². The van der Waals surface area contributed by atoms with Crippen molar-refractivity contribution >= 4 is 40.4 Å². The molecule has 1 saturated heterocycles. The number of aliphatic carboxylic acids is 1. The predicted octanol–water partition coefficient (Wildman–Crippen LogP) is 2.44. The van der Waals surface area contributed by atoms with Gasteiger partial charge in [-0.25, -0.2) is 4.79 Å². The van der Waals surface area contributed by atoms with Crippen LogP contribution in [-0.4, -0.2) is 68.3 Å². The van der Waals surface area contributed by atoms with Gasteiger partial charge in [-0.05, 0) is 42.7 Å². The van der Waals surface area contributed by atoms with E-state index in [1.54, 1.807) is 6.20 Å². The lowest BCUT2D eigenvalue weighted by Crippen LogP contribution is -2.47. The van der Waals surface area contributed by atoms with E-state index in [4.69, 9.17) is 0 Å². The summed E-state index contributed by atoms with van der Waals surface area (Å²) in [5.41, 5.74) is 1.62. The lowest BCUT2D eigenvalue weighted by Gasteiger charge is -2.36. The number of carboxylic acid groups (broad SMARTS) is 1. The Kier molecular flexibility index (Phi) is 8.84. The first kappa shape index (κ1) is 28.5. The number of imide groups is 1. The number of aliphatic hydroxyl groups is 1. The average Bonchev–Trinajstić information content (AvgIpc) is 3.28. The van der Waals surface area contributed by atoms with Gasteiger partial charge in [-0.3, -0.25) is 24.1 Å². The molecule has 2 unspecified atom stereocenters. The number of piperidine rings is 1. The van der Waals surface area contributed by atoms with Gasteiger partial charge in [-0.15, -0.1) is 0 Å². The van der Waals surface area contributed by atoms with Gasteiger partial charge in [0.25, 0.3) is 0 Å². The normalized spacial score (nSPS) is 24.1. The number of ketones is 1. The Labute approximate surface area is 227 Å². The van der Waals surface area contributed by atoms with Crippen LogP contribution < -0.4 is 5.32 Å². The monoisotopic (exact) mass is 539 g/mol. The Morgan fingerprint density at radius 3 is 2.49 bits per heavy atom. The molecule has 10 nitrogen and oxygen atoms in total. The van der Waals surface area contributed by atoms with E-state index in [1.165, 1.54) is 0 Å². The number of amides is 3. The van der Waals surface area contributed by atoms with Crippen molar-refractivity contribution in [1.29, 1.82) is 0 Å². The molecule has 1 aliphatic heterocycles. The van der Waals surface area contributed by atoms with Crippen LogP contribution in [0.5, 0.6) is 0 Å². The number of H-pyrrole nitrogens is 1. The van der Waals surface area contributed by atoms with Gasteiger partial charge in [0, 0.05) is 61.2 Å². The molecule has 2 heterocycles. The minimum Gasteiger partial charge on any atom is -0.480 e. The van der Waals surface area contributed by atoms with Gasteiger partial charge in [0.05, 0.1) is 6.10 Å². The van der Waals surface area contributed by atoms with Crippen molar-refractivity contribution in [2.75, 3.05) is 6.54 Å². The van der Waals surface area contributed by atoms with Crippen LogP contribution in [0, 0.1) is 23.7 Å². The summed E-state index contributed by atoms with van der Waals surface area (Å²) in [6, 6.07) is 6.30. The van der Waals surface area contributed by atoms with E-state index in [-0.39, 0.29) is 56.3 Å². The molecule has 10 heteroatoms. The Bertz CT molecular complexity index is 1240. The SMILES string of the molecule is C[C@@H]1CC([C@H](O)CC2CC(=O)N(CCC(=O)NC(Cc3c[nH]c4ccccc34)C(=O)O)C(=O)C2)C(=O)[C@@H](C)C1. The number of fused-ring (bicyclic) bond motifs is 1. The maximum atomic E-state index is 12.7. The molecule has 2 fully saturated rings. The number of aromatic nitrogens is 1. The van der Waals surface area contributed by atoms with Crippen LogP contribution in [0.25, 0.3) is 10.9 Å². The first-order chi connectivity index (χ1) is 18.5. The fourth-order valence-electron chi connectivity index (χ4n) is 6.13. The fourth-order valence-corrected chi connectivity index (χ4v) is 6.13. The number of Topliss-reactive ketones (excluding diaryl/α,β-unsaturated/α-hetero) is 1. The van der Waals surface area contributed by atoms with Crippen LogP contribution in [0.2, 0.25) is 0 Å². The lowest BCUT2D eigenvalue weighted by atomic mass is 9.71. The smallest absolute Gasteiger partial charge is 0.326 e. The molecule has 5 atom stereocenters. The van der Waals surface area contributed by atoms with Gasteiger partial charge in [0.15, 0.2) is 0 Å². The third-order valence-electron chi connectivity index (χ3n) is 8.13. The lowest BCUT2D eigenvalue weighted by molar-refractivity contribution is -0.151. The molecule has 2 aliphatic rings. The number of aromatic amines is 1. The van der Waals surface area contributed by atoms with Crippen molar-refractivity contribution < 1.29 is 34.2 Å². The molecule has 0 bridgehead atoms. The van der Waals surface area contributed by atoms with Gasteiger partial charge in [-0.1, -0.05) is 32.0 Å². The summed E-state index contributed by atoms with van der Waals surface area (Å²) in [6.07, 6.45) is 2.41. The van der Waals surface area contributed by atoms with Crippen LogP contribution >= 0.6 is 0 Å². The number of nitrogens with zero attached hydrogens (tertiary/aromatic N) is 1. The maximum Gasteiger partial charge on any atom is 0.326 e. The standard InChI is InChI=1S/C29H37N3O7/c1-16-9-17(2)28(37)21(10-16)24(33)11-18-12-26(35)32(27(36)13-18)8-7-25(34)31-23(29(38)39)14-19-15-30-22-6-4-3-5-20(19)22/h3-6,15-18,21,23-24,30,33H,7-14H2,1-2H3,(H,31,34)(H,38,39)/t16-,17-,21?,23?,24+/m0/s1. The zero-order valence-electron chi connectivity index (χ0n) is 22.4. The number of carbonyl (C=O) groups is 5. The number of nitrogens with one attached hydrogen (secondary N) is 2. The number of likely N-dealkylation sites (tertiary alicyclic amines) is 1. The molecule has 3 amide bonds. The van der Waals surface area contributed by atoms with Gasteiger partial charge in [0.1, 0.15) is 11.8 Å². The van der Waals surface area contributed by atoms with Crippen LogP contribution in [0.4, 0.5) is 0 Å². The zero-order chi connectivity index (χ0) is 28.3. The van der Waals surface area contributed by atoms with Gasteiger partial charge >= 0.3 is 5.97 Å². The molecule has 0 spiro atoms. The number of carboxylic acids is 1. The Morgan fingerprint density at radius 2 is 1.79 bits per heavy atom. The van der Waals surface area contributed by atoms with E-state index >= 15 is 0 Å². The quantitative estimate of drug-likeness (QED) is 0.338. The summed E-state index contributed by atoms with van der Waals surface area (Å²) in [4.78, 5) is 66.6. The molecule has 1 aromatic carbocycles. The zero-order valence-corrected chi connectivity index (χ0v) is 22.4. The second kappa shape index (κ2) is 12.1. The highest BCUT2D eigenvalue weighted by molar-refractivity contribution is 5.98. The summed E-state index contributed by atoms with van der Waals surface area (Å²) in [7, 11) is 0. The number of hydrogen-bond donors (Lipinski definition) is 4. The molecule has 1 saturated carbocycles. The maximum absolute atomic E-state index is 12.7. The van der Waals surface area contributed by atoms with E-state index in [0.29, 0.717) is 12.3 Å². The summed E-state index contributed by atoms with van der Waals surface area (Å²) < 4.78 is 0. The van der Waals surface area contributed by atoms with Crippen molar-refractivity contribution in [2.24, 2.45) is 23.7 Å². The topological polar surface area (TPSA) is 157 Å². The predicted molar refractivity (Wildman–Crippen MR) is 142 cm³/mol. The molecule has 2 aromatic rings. The summed E-state index contributed by atoms with van der Waals surface area (Å²) in [5.74, 6) is -3.17. The molecule has 210 valence electrons. The molecule has 4 N–H and O–H groups in total. The number of para-hydroxylation sites is 1. The van der Waals surface area contributed by atoms with Crippen molar-refractivity contribution in [2.45, 2.75) is 70.9 Å². The minimum absolute atomic E-state index is 0.0473. The highest BCUT2D eigenvalue weighted by Gasteiger charge is 2.39. The van der Waals surface area contributed by atoms with E-state index in [2.05, 4.69) is 17.2 Å². The third kappa shape index (κ3) is 6.73. The number of benzene rings is 1. The molecule has 39 heavy (non-hydrogen) atoms. The van der Waals surface area contributed by atoms with E-state index < -0.39 is 41.8 Å². The molecule has 4 rings (SSSR count). The number of rotatable bonds is 10. The Morgan fingerprint density at radius 1 is 1.10 bits per heavy atom. The van der Waals surface area contributed by atoms with Crippen molar-refractivity contribution in [1.82, 2.24) is 15.2 Å². The van der Waals surface area contributed by atoms with Crippen molar-refractivity contribution in [3.8, 4) is 0 Å². The first-order valence-corrected chi connectivity index (χ1v) is 13.7. The Balaban J connectivity index is 1.28. The van der Waals surface area contributed by atoms with Crippen molar-refractivity contribution in [3.05, 3.63) is 36.0 Å². The van der Waals surface area contributed by atoms with Gasteiger partial charge in [0.2, 0.25) is 17.7 Å². The second-order valence-corrected chi connectivity index (χ2v) is 11.3. The number of hydrogen-bond acceptors (Lipinski definition) is 6. The second-order valence-electron chi connectivity index (χ2n) is 11.3. The molecule has 1 aromatic heterocycles. The molecular formula is C29H37N3O7. The van der Waals surface area contributed by atoms with Crippen LogP contribution in [0.15, 0.2) is 30.5 Å². The van der Waals surface area contributed by atoms with E-state index in [0.717, 1.165) is 27.8 Å². The van der Waals surface area contributed by atoms with E-state index in [1.807, 2.05) is 31.2 Å². The largest absolute Gasteiger partial charge is 0.480 e. The summed E-state index contributed by atoms with van der Waals surface area (Å²) in [5, 5.41) is 23.8. The first-order valence-electron chi connectivity index (χ1n) is 13.7. The molecule has 0 radical (unpaired) electrons. The third-order valence-corrected chi connectivity index (χ3v) is 8.13. The van der Waals surface area contributed by atoms with E-state index in [9.17, 15) is 34.2 Å². The van der Waals surface area contributed by atoms with Gasteiger partial charge in [-0.2, -0.15) is 0 Å². The van der Waals surface area contributed by atoms with Crippen LogP contribution in [0.1, 0.15) is 57.9 Å². The fraction of sp³-hybridized carbons (Fsp3) is 0.552. The number of aliphatic hydroxyl groups excluding tert-OH is 1. The summed E-state index contributed by atoms with van der Waals surface area (Å²) >= 11 is 0. The highest BCUT2D eigenvalue weighted by atomic mass is 16.4. The number of carbonyl (C=O) groups excluding carboxylic acids is 4. The highest BCUT2D eigenvalue weighted by Crippen LogP contribution is 2.35. The molecular weight excluding hydrogens is 502 g/mol. The average molecular weight is 540 g/mol. The molecule has 1 aliphatic carbocycles. The summed E-state index contributed by atoms with van der Waals surface area (Å²) in [6.45, 7) is 3.79. The van der Waals surface area contributed by atoms with Crippen LogP contribution in [0.3, 0.4) is 0 Å². The Hall–Kier alpha value is -3.53. The van der Waals surface area contributed by atoms with Crippen LogP contribution in [-0.2, 0) is 30.4 Å².